The van der Waals surface area contributed by atoms with E-state index in [2.05, 4.69) is 19.2 Å². The molecule has 2 heteroatoms. The average Bonchev–Trinajstić information content (AvgIpc) is 2.98. The third kappa shape index (κ3) is 2.07. The maximum absolute atomic E-state index is 5.83. The van der Waals surface area contributed by atoms with Gasteiger partial charge in [0.2, 0.25) is 0 Å². The van der Waals surface area contributed by atoms with Crippen LogP contribution in [0.3, 0.4) is 0 Å². The summed E-state index contributed by atoms with van der Waals surface area (Å²) in [5.74, 6) is 0.951. The lowest BCUT2D eigenvalue weighted by molar-refractivity contribution is -0.0625. The van der Waals surface area contributed by atoms with Crippen LogP contribution in [-0.4, -0.2) is 24.8 Å². The van der Waals surface area contributed by atoms with Crippen LogP contribution < -0.4 is 5.32 Å². The monoisotopic (exact) mass is 209 g/mol. The molecule has 2 aliphatic carbocycles. The van der Waals surface area contributed by atoms with Crippen molar-refractivity contribution in [3.05, 3.63) is 0 Å². The molecule has 3 fully saturated rings. The Hall–Kier alpha value is -0.0800. The highest BCUT2D eigenvalue weighted by molar-refractivity contribution is 5.07. The molecule has 0 bridgehead atoms. The molecule has 1 spiro atoms. The number of nitrogens with one attached hydrogen (secondary N) is 1. The summed E-state index contributed by atoms with van der Waals surface area (Å²) in [4.78, 5) is 0. The molecule has 0 amide bonds. The van der Waals surface area contributed by atoms with E-state index in [0.29, 0.717) is 17.6 Å². The fourth-order valence-electron chi connectivity index (χ4n) is 3.54. The molecule has 1 N–H and O–H groups in total. The Morgan fingerprint density at radius 2 is 1.80 bits per heavy atom. The van der Waals surface area contributed by atoms with Gasteiger partial charge in [-0.15, -0.1) is 0 Å². The van der Waals surface area contributed by atoms with E-state index in [1.165, 1.54) is 38.6 Å². The van der Waals surface area contributed by atoms with Crippen LogP contribution in [0.15, 0.2) is 0 Å². The Morgan fingerprint density at radius 3 is 2.40 bits per heavy atom. The molecule has 0 aromatic heterocycles. The van der Waals surface area contributed by atoms with E-state index < -0.39 is 0 Å². The van der Waals surface area contributed by atoms with Crippen LogP contribution in [0.1, 0.15) is 46.0 Å². The van der Waals surface area contributed by atoms with Crippen molar-refractivity contribution < 1.29 is 4.74 Å². The van der Waals surface area contributed by atoms with Crippen molar-refractivity contribution in [2.45, 2.75) is 64.2 Å². The van der Waals surface area contributed by atoms with Crippen LogP contribution in [0.4, 0.5) is 0 Å². The van der Waals surface area contributed by atoms with Crippen LogP contribution in [0.2, 0.25) is 0 Å². The van der Waals surface area contributed by atoms with Crippen molar-refractivity contribution in [2.75, 3.05) is 6.54 Å². The Labute approximate surface area is 92.8 Å². The van der Waals surface area contributed by atoms with Crippen LogP contribution in [-0.2, 0) is 4.74 Å². The van der Waals surface area contributed by atoms with Crippen molar-refractivity contribution in [1.29, 1.82) is 0 Å². The first-order chi connectivity index (χ1) is 7.18. The average molecular weight is 209 g/mol. The highest BCUT2D eigenvalue weighted by atomic mass is 16.5. The molecule has 15 heavy (non-hydrogen) atoms. The van der Waals surface area contributed by atoms with Crippen molar-refractivity contribution in [3.8, 4) is 0 Å². The molecule has 1 saturated heterocycles. The number of hydrogen-bond donors (Lipinski definition) is 1. The van der Waals surface area contributed by atoms with Gasteiger partial charge in [0.1, 0.15) is 0 Å². The second kappa shape index (κ2) is 3.46. The van der Waals surface area contributed by atoms with E-state index in [4.69, 9.17) is 4.74 Å². The molecule has 3 aliphatic rings. The minimum absolute atomic E-state index is 0.486. The lowest BCUT2D eigenvalue weighted by Gasteiger charge is -2.33. The van der Waals surface area contributed by atoms with Crippen LogP contribution in [0.5, 0.6) is 0 Å². The minimum atomic E-state index is 0.486. The number of hydrogen-bond acceptors (Lipinski definition) is 2. The molecule has 2 saturated carbocycles. The Bertz CT molecular complexity index is 239. The second-order valence-corrected chi connectivity index (χ2v) is 6.11. The highest BCUT2D eigenvalue weighted by Crippen LogP contribution is 2.61. The minimum Gasteiger partial charge on any atom is -0.376 e. The van der Waals surface area contributed by atoms with E-state index in [-0.39, 0.29) is 0 Å². The predicted molar refractivity (Wildman–Crippen MR) is 60.8 cm³/mol. The molecule has 3 unspecified atom stereocenters. The molecular formula is C13H23NO. The van der Waals surface area contributed by atoms with E-state index in [9.17, 15) is 0 Å². The van der Waals surface area contributed by atoms with Crippen LogP contribution in [0.25, 0.3) is 0 Å². The van der Waals surface area contributed by atoms with Crippen molar-refractivity contribution in [2.24, 2.45) is 11.3 Å². The first-order valence-corrected chi connectivity index (χ1v) is 6.57. The van der Waals surface area contributed by atoms with Gasteiger partial charge in [-0.2, -0.15) is 0 Å². The fourth-order valence-corrected chi connectivity index (χ4v) is 3.54. The Kier molecular flexibility index (Phi) is 2.33. The van der Waals surface area contributed by atoms with Gasteiger partial charge in [0.05, 0.1) is 12.2 Å². The van der Waals surface area contributed by atoms with E-state index in [1.54, 1.807) is 0 Å². The highest BCUT2D eigenvalue weighted by Gasteiger charge is 2.56. The van der Waals surface area contributed by atoms with Crippen LogP contribution >= 0.6 is 0 Å². The summed E-state index contributed by atoms with van der Waals surface area (Å²) in [7, 11) is 0. The molecule has 2 nitrogen and oxygen atoms in total. The fraction of sp³-hybridized carbons (Fsp3) is 1.00. The number of ether oxygens (including phenoxy) is 1. The van der Waals surface area contributed by atoms with Gasteiger partial charge in [0.25, 0.3) is 0 Å². The maximum atomic E-state index is 5.83. The summed E-state index contributed by atoms with van der Waals surface area (Å²) in [5, 5.41) is 3.68. The van der Waals surface area contributed by atoms with Crippen LogP contribution in [0, 0.1) is 11.3 Å². The summed E-state index contributed by atoms with van der Waals surface area (Å²) >= 11 is 0. The zero-order valence-corrected chi connectivity index (χ0v) is 9.96. The largest absolute Gasteiger partial charge is 0.376 e. The van der Waals surface area contributed by atoms with Gasteiger partial charge in [0.15, 0.2) is 0 Å². The summed E-state index contributed by atoms with van der Waals surface area (Å²) in [6.07, 6.45) is 7.85. The molecule has 3 atom stereocenters. The van der Waals surface area contributed by atoms with Gasteiger partial charge in [-0.3, -0.25) is 0 Å². The summed E-state index contributed by atoms with van der Waals surface area (Å²) < 4.78 is 5.83. The molecular weight excluding hydrogens is 186 g/mol. The van der Waals surface area contributed by atoms with E-state index in [0.717, 1.165) is 12.0 Å². The second-order valence-electron chi connectivity index (χ2n) is 6.11. The van der Waals surface area contributed by atoms with Gasteiger partial charge < -0.3 is 10.1 Å². The molecule has 0 aromatic rings. The standard InChI is InChI=1S/C13H23NO/c1-9-5-13(6-10(2)15-9)7-11(13)8-14-12-3-4-12/h9-12,14H,3-8H2,1-2H3. The molecule has 0 aromatic carbocycles. The van der Waals surface area contributed by atoms with Crippen molar-refractivity contribution >= 4 is 0 Å². The zero-order valence-electron chi connectivity index (χ0n) is 9.96. The van der Waals surface area contributed by atoms with Crippen molar-refractivity contribution in [1.82, 2.24) is 5.32 Å². The van der Waals surface area contributed by atoms with Gasteiger partial charge in [0, 0.05) is 6.04 Å². The van der Waals surface area contributed by atoms with Gasteiger partial charge in [-0.1, -0.05) is 0 Å². The smallest absolute Gasteiger partial charge is 0.0556 e. The topological polar surface area (TPSA) is 21.3 Å². The predicted octanol–water partition coefficient (Wildman–Crippen LogP) is 2.33. The molecule has 1 heterocycles. The zero-order chi connectivity index (χ0) is 10.5. The molecule has 3 rings (SSSR count). The summed E-state index contributed by atoms with van der Waals surface area (Å²) in [6, 6.07) is 0.873. The normalized spacial score (nSPS) is 49.6. The van der Waals surface area contributed by atoms with E-state index in [1.807, 2.05) is 0 Å². The maximum Gasteiger partial charge on any atom is 0.0556 e. The third-order valence-corrected chi connectivity index (χ3v) is 4.44. The first-order valence-electron chi connectivity index (χ1n) is 6.57. The molecule has 86 valence electrons. The third-order valence-electron chi connectivity index (χ3n) is 4.44. The van der Waals surface area contributed by atoms with Gasteiger partial charge in [-0.25, -0.2) is 0 Å². The summed E-state index contributed by atoms with van der Waals surface area (Å²) in [5.41, 5.74) is 0.666. The Balaban J connectivity index is 1.52. The quantitative estimate of drug-likeness (QED) is 0.770. The first kappa shape index (κ1) is 10.1. The lowest BCUT2D eigenvalue weighted by Crippen LogP contribution is -2.33. The molecule has 0 radical (unpaired) electrons. The van der Waals surface area contributed by atoms with E-state index >= 15 is 0 Å². The lowest BCUT2D eigenvalue weighted by atomic mass is 9.87. The van der Waals surface area contributed by atoms with Gasteiger partial charge in [-0.05, 0) is 63.8 Å². The van der Waals surface area contributed by atoms with Gasteiger partial charge >= 0.3 is 0 Å². The van der Waals surface area contributed by atoms with Crippen molar-refractivity contribution in [3.63, 3.8) is 0 Å². The number of rotatable bonds is 3. The summed E-state index contributed by atoms with van der Waals surface area (Å²) in [6.45, 7) is 5.74. The SMILES string of the molecule is CC1CC2(CC(C)O1)CC2CNC1CC1. The Morgan fingerprint density at radius 1 is 1.13 bits per heavy atom. The molecule has 1 aliphatic heterocycles.